The van der Waals surface area contributed by atoms with E-state index in [0.29, 0.717) is 6.04 Å². The number of nitrogens with one attached hydrogen (secondary N) is 1. The fraction of sp³-hybridized carbons (Fsp3) is 0.462. The average molecular weight is 218 g/mol. The maximum absolute atomic E-state index is 12.2. The van der Waals surface area contributed by atoms with Crippen LogP contribution in [-0.4, -0.2) is 30.9 Å². The van der Waals surface area contributed by atoms with E-state index in [1.165, 1.54) is 6.42 Å². The summed E-state index contributed by atoms with van der Waals surface area (Å²) in [7, 11) is 3.74. The van der Waals surface area contributed by atoms with Gasteiger partial charge in [-0.2, -0.15) is 0 Å². The first-order valence-corrected chi connectivity index (χ1v) is 5.78. The first-order chi connectivity index (χ1) is 7.74. The van der Waals surface area contributed by atoms with Gasteiger partial charge < -0.3 is 10.2 Å². The van der Waals surface area contributed by atoms with E-state index in [-0.39, 0.29) is 5.91 Å². The molecule has 2 rings (SSSR count). The number of carbonyl (C=O) groups is 1. The standard InChI is InChI=1S/C13H18N2O/c1-14-12-9-4-3-8-11(12)13(16)15(2)10-6-5-7-10/h3-4,8-10,14H,5-7H2,1-2H3. The molecule has 0 unspecified atom stereocenters. The summed E-state index contributed by atoms with van der Waals surface area (Å²) in [5, 5.41) is 3.06. The third kappa shape index (κ3) is 1.90. The van der Waals surface area contributed by atoms with Crippen molar-refractivity contribution in [3.05, 3.63) is 29.8 Å². The molecule has 0 aromatic heterocycles. The minimum absolute atomic E-state index is 0.120. The van der Waals surface area contributed by atoms with Crippen molar-refractivity contribution in [2.45, 2.75) is 25.3 Å². The summed E-state index contributed by atoms with van der Waals surface area (Å²) < 4.78 is 0. The molecule has 1 saturated carbocycles. The van der Waals surface area contributed by atoms with Crippen LogP contribution in [0.2, 0.25) is 0 Å². The van der Waals surface area contributed by atoms with Gasteiger partial charge in [0.15, 0.2) is 0 Å². The first kappa shape index (κ1) is 11.0. The van der Waals surface area contributed by atoms with Crippen LogP contribution < -0.4 is 5.32 Å². The van der Waals surface area contributed by atoms with Crippen LogP contribution in [0.5, 0.6) is 0 Å². The molecule has 0 aliphatic heterocycles. The van der Waals surface area contributed by atoms with Gasteiger partial charge in [-0.25, -0.2) is 0 Å². The van der Waals surface area contributed by atoms with Crippen molar-refractivity contribution < 1.29 is 4.79 Å². The molecule has 1 amide bonds. The van der Waals surface area contributed by atoms with Gasteiger partial charge in [-0.3, -0.25) is 4.79 Å². The molecule has 1 fully saturated rings. The summed E-state index contributed by atoms with van der Waals surface area (Å²) in [6, 6.07) is 8.09. The van der Waals surface area contributed by atoms with Gasteiger partial charge in [0.05, 0.1) is 5.56 Å². The Hall–Kier alpha value is -1.51. The number of carbonyl (C=O) groups excluding carboxylic acids is 1. The number of hydrogen-bond donors (Lipinski definition) is 1. The molecule has 0 heterocycles. The average Bonchev–Trinajstić information content (AvgIpc) is 2.25. The number of para-hydroxylation sites is 1. The van der Waals surface area contributed by atoms with Crippen molar-refractivity contribution in [2.24, 2.45) is 0 Å². The molecule has 0 bridgehead atoms. The van der Waals surface area contributed by atoms with Crippen LogP contribution >= 0.6 is 0 Å². The van der Waals surface area contributed by atoms with Crippen molar-refractivity contribution in [2.75, 3.05) is 19.4 Å². The Morgan fingerprint density at radius 1 is 1.38 bits per heavy atom. The second-order valence-corrected chi connectivity index (χ2v) is 4.30. The maximum Gasteiger partial charge on any atom is 0.255 e. The predicted molar refractivity (Wildman–Crippen MR) is 65.7 cm³/mol. The molecule has 0 spiro atoms. The van der Waals surface area contributed by atoms with E-state index in [1.807, 2.05) is 43.3 Å². The molecule has 1 aliphatic carbocycles. The molecule has 3 nitrogen and oxygen atoms in total. The quantitative estimate of drug-likeness (QED) is 0.844. The maximum atomic E-state index is 12.2. The van der Waals surface area contributed by atoms with Crippen LogP contribution in [0.3, 0.4) is 0 Å². The van der Waals surface area contributed by atoms with Crippen LogP contribution in [0.15, 0.2) is 24.3 Å². The summed E-state index contributed by atoms with van der Waals surface area (Å²) >= 11 is 0. The van der Waals surface area contributed by atoms with Crippen LogP contribution in [0.4, 0.5) is 5.69 Å². The minimum atomic E-state index is 0.120. The van der Waals surface area contributed by atoms with Crippen molar-refractivity contribution in [3.8, 4) is 0 Å². The Balaban J connectivity index is 2.19. The van der Waals surface area contributed by atoms with E-state index in [1.54, 1.807) is 0 Å². The zero-order valence-corrected chi connectivity index (χ0v) is 9.86. The van der Waals surface area contributed by atoms with E-state index < -0.39 is 0 Å². The second-order valence-electron chi connectivity index (χ2n) is 4.30. The summed E-state index contributed by atoms with van der Waals surface area (Å²) in [5.41, 5.74) is 1.66. The molecule has 0 radical (unpaired) electrons. The highest BCUT2D eigenvalue weighted by Gasteiger charge is 2.27. The van der Waals surface area contributed by atoms with Crippen molar-refractivity contribution >= 4 is 11.6 Å². The third-order valence-corrected chi connectivity index (χ3v) is 3.37. The summed E-state index contributed by atoms with van der Waals surface area (Å²) in [5.74, 6) is 0.120. The van der Waals surface area contributed by atoms with Crippen LogP contribution in [0.25, 0.3) is 0 Å². The predicted octanol–water partition coefficient (Wildman–Crippen LogP) is 2.35. The number of benzene rings is 1. The van der Waals surface area contributed by atoms with E-state index in [4.69, 9.17) is 0 Å². The van der Waals surface area contributed by atoms with E-state index >= 15 is 0 Å². The third-order valence-electron chi connectivity index (χ3n) is 3.37. The zero-order chi connectivity index (χ0) is 11.5. The highest BCUT2D eigenvalue weighted by atomic mass is 16.2. The molecule has 3 heteroatoms. The highest BCUT2D eigenvalue weighted by molar-refractivity contribution is 5.99. The van der Waals surface area contributed by atoms with Crippen LogP contribution in [-0.2, 0) is 0 Å². The minimum Gasteiger partial charge on any atom is -0.387 e. The number of nitrogens with zero attached hydrogens (tertiary/aromatic N) is 1. The Labute approximate surface area is 96.5 Å². The molecule has 16 heavy (non-hydrogen) atoms. The van der Waals surface area contributed by atoms with Gasteiger partial charge in [-0.1, -0.05) is 12.1 Å². The van der Waals surface area contributed by atoms with Crippen LogP contribution in [0, 0.1) is 0 Å². The summed E-state index contributed by atoms with van der Waals surface area (Å²) in [4.78, 5) is 14.1. The molecular formula is C13H18N2O. The highest BCUT2D eigenvalue weighted by Crippen LogP contribution is 2.26. The Kier molecular flexibility index (Phi) is 3.13. The largest absolute Gasteiger partial charge is 0.387 e. The lowest BCUT2D eigenvalue weighted by molar-refractivity contribution is 0.0653. The number of rotatable bonds is 3. The SMILES string of the molecule is CNc1ccccc1C(=O)N(C)C1CCC1. The van der Waals surface area contributed by atoms with Gasteiger partial charge in [0.1, 0.15) is 0 Å². The van der Waals surface area contributed by atoms with Gasteiger partial charge in [-0.15, -0.1) is 0 Å². The molecule has 0 saturated heterocycles. The molecule has 86 valence electrons. The normalized spacial score (nSPS) is 15.4. The lowest BCUT2D eigenvalue weighted by atomic mass is 9.91. The fourth-order valence-electron chi connectivity index (χ4n) is 2.02. The number of hydrogen-bond acceptors (Lipinski definition) is 2. The van der Waals surface area contributed by atoms with Gasteiger partial charge in [0.2, 0.25) is 0 Å². The van der Waals surface area contributed by atoms with Crippen molar-refractivity contribution in [1.29, 1.82) is 0 Å². The number of anilines is 1. The van der Waals surface area contributed by atoms with Gasteiger partial charge in [0.25, 0.3) is 5.91 Å². The monoisotopic (exact) mass is 218 g/mol. The van der Waals surface area contributed by atoms with Crippen LogP contribution in [0.1, 0.15) is 29.6 Å². The van der Waals surface area contributed by atoms with Crippen molar-refractivity contribution in [1.82, 2.24) is 4.90 Å². The molecule has 1 aromatic rings. The Morgan fingerprint density at radius 3 is 2.62 bits per heavy atom. The molecule has 1 aromatic carbocycles. The Bertz CT molecular complexity index is 385. The number of amides is 1. The van der Waals surface area contributed by atoms with Gasteiger partial charge in [0, 0.05) is 25.8 Å². The first-order valence-electron chi connectivity index (χ1n) is 5.78. The zero-order valence-electron chi connectivity index (χ0n) is 9.86. The summed E-state index contributed by atoms with van der Waals surface area (Å²) in [6.07, 6.45) is 3.53. The van der Waals surface area contributed by atoms with Gasteiger partial charge >= 0.3 is 0 Å². The fourth-order valence-corrected chi connectivity index (χ4v) is 2.02. The summed E-state index contributed by atoms with van der Waals surface area (Å²) in [6.45, 7) is 0. The molecule has 1 N–H and O–H groups in total. The van der Waals surface area contributed by atoms with E-state index in [9.17, 15) is 4.79 Å². The Morgan fingerprint density at radius 2 is 2.06 bits per heavy atom. The second kappa shape index (κ2) is 4.56. The van der Waals surface area contributed by atoms with E-state index in [2.05, 4.69) is 5.32 Å². The lowest BCUT2D eigenvalue weighted by Crippen LogP contribution is -2.41. The lowest BCUT2D eigenvalue weighted by Gasteiger charge is -2.35. The van der Waals surface area contributed by atoms with Crippen molar-refractivity contribution in [3.63, 3.8) is 0 Å². The topological polar surface area (TPSA) is 32.3 Å². The van der Waals surface area contributed by atoms with E-state index in [0.717, 1.165) is 24.1 Å². The molecular weight excluding hydrogens is 200 g/mol. The van der Waals surface area contributed by atoms with Gasteiger partial charge in [-0.05, 0) is 31.4 Å². The smallest absolute Gasteiger partial charge is 0.255 e. The molecule has 0 atom stereocenters. The molecule has 1 aliphatic rings.